The summed E-state index contributed by atoms with van der Waals surface area (Å²) in [4.78, 5) is 3.77. The Balaban J connectivity index is 1.94. The molecular weight excluding hydrogens is 350 g/mol. The minimum Gasteiger partial charge on any atom is -0.354 e. The van der Waals surface area contributed by atoms with Crippen LogP contribution in [0.1, 0.15) is 0 Å². The van der Waals surface area contributed by atoms with E-state index in [1.54, 1.807) is 0 Å². The normalized spacial score (nSPS) is 12.1. The third-order valence-electron chi connectivity index (χ3n) is 6.35. The van der Waals surface area contributed by atoms with Crippen LogP contribution >= 0.6 is 0 Å². The van der Waals surface area contributed by atoms with Crippen LogP contribution in [0.4, 0.5) is 0 Å². The number of benzene rings is 6. The summed E-state index contributed by atoms with van der Waals surface area (Å²) in [6.07, 6.45) is 0. The first-order valence-electron chi connectivity index (χ1n) is 10.1. The Hall–Kier alpha value is -3.84. The van der Waals surface area contributed by atoms with Gasteiger partial charge in [-0.2, -0.15) is 0 Å². The Morgan fingerprint density at radius 1 is 0.379 bits per heavy atom. The molecule has 134 valence electrons. The van der Waals surface area contributed by atoms with Crippen LogP contribution in [0.15, 0.2) is 97.1 Å². The monoisotopic (exact) mass is 367 g/mol. The quantitative estimate of drug-likeness (QED) is 0.262. The molecule has 0 fully saturated rings. The first-order chi connectivity index (χ1) is 14.4. The van der Waals surface area contributed by atoms with E-state index in [-0.39, 0.29) is 0 Å². The van der Waals surface area contributed by atoms with Crippen molar-refractivity contribution in [3.8, 4) is 0 Å². The SMILES string of the molecule is c1ccc2c(c1)ccc1[nH]c3c4ccccc4c4ccc5ccccc5c4c3c12. The number of hydrogen-bond donors (Lipinski definition) is 1. The van der Waals surface area contributed by atoms with E-state index in [2.05, 4.69) is 102 Å². The Kier molecular flexibility index (Phi) is 2.80. The number of nitrogens with one attached hydrogen (secondary N) is 1. The Morgan fingerprint density at radius 3 is 1.72 bits per heavy atom. The lowest BCUT2D eigenvalue weighted by Gasteiger charge is -2.11. The third kappa shape index (κ3) is 1.89. The van der Waals surface area contributed by atoms with E-state index in [1.165, 1.54) is 64.9 Å². The molecule has 0 amide bonds. The lowest BCUT2D eigenvalue weighted by atomic mass is 9.92. The molecule has 0 unspecified atom stereocenters. The zero-order valence-electron chi connectivity index (χ0n) is 15.7. The van der Waals surface area contributed by atoms with Crippen LogP contribution in [-0.4, -0.2) is 4.98 Å². The number of H-pyrrole nitrogens is 1. The van der Waals surface area contributed by atoms with Crippen LogP contribution < -0.4 is 0 Å². The van der Waals surface area contributed by atoms with Crippen molar-refractivity contribution in [3.63, 3.8) is 0 Å². The molecule has 0 saturated heterocycles. The average molecular weight is 367 g/mol. The highest BCUT2D eigenvalue weighted by molar-refractivity contribution is 6.38. The van der Waals surface area contributed by atoms with Crippen molar-refractivity contribution in [1.29, 1.82) is 0 Å². The summed E-state index contributed by atoms with van der Waals surface area (Å²) in [5.74, 6) is 0. The van der Waals surface area contributed by atoms with Crippen LogP contribution in [0.25, 0.3) is 64.9 Å². The summed E-state index contributed by atoms with van der Waals surface area (Å²) >= 11 is 0. The molecule has 7 aromatic rings. The minimum atomic E-state index is 1.20. The Bertz CT molecular complexity index is 1750. The second-order valence-corrected chi connectivity index (χ2v) is 7.84. The zero-order chi connectivity index (χ0) is 18.9. The third-order valence-corrected chi connectivity index (χ3v) is 6.35. The molecule has 0 radical (unpaired) electrons. The summed E-state index contributed by atoms with van der Waals surface area (Å²) in [6.45, 7) is 0. The lowest BCUT2D eigenvalue weighted by molar-refractivity contribution is 1.57. The molecule has 29 heavy (non-hydrogen) atoms. The molecule has 0 saturated carbocycles. The summed E-state index contributed by atoms with van der Waals surface area (Å²) in [6, 6.07) is 35.2. The van der Waals surface area contributed by atoms with Gasteiger partial charge in [-0.1, -0.05) is 91.0 Å². The second kappa shape index (κ2) is 5.36. The van der Waals surface area contributed by atoms with Gasteiger partial charge < -0.3 is 4.98 Å². The number of aromatic nitrogens is 1. The Labute approximate surface area is 167 Å². The van der Waals surface area contributed by atoms with Crippen LogP contribution in [0, 0.1) is 0 Å². The Morgan fingerprint density at radius 2 is 0.966 bits per heavy atom. The molecule has 1 aromatic heterocycles. The molecule has 1 N–H and O–H groups in total. The zero-order valence-corrected chi connectivity index (χ0v) is 15.7. The van der Waals surface area contributed by atoms with Crippen molar-refractivity contribution in [1.82, 2.24) is 4.98 Å². The molecule has 6 aromatic carbocycles. The molecule has 1 heterocycles. The fraction of sp³-hybridized carbons (Fsp3) is 0. The van der Waals surface area contributed by atoms with Crippen molar-refractivity contribution >= 4 is 64.9 Å². The molecule has 0 aliphatic rings. The summed E-state index contributed by atoms with van der Waals surface area (Å²) in [5, 5.41) is 13.1. The summed E-state index contributed by atoms with van der Waals surface area (Å²) < 4.78 is 0. The van der Waals surface area contributed by atoms with Crippen molar-refractivity contribution in [2.24, 2.45) is 0 Å². The maximum absolute atomic E-state index is 3.77. The molecule has 1 heteroatoms. The van der Waals surface area contributed by atoms with Gasteiger partial charge in [0.25, 0.3) is 0 Å². The first kappa shape index (κ1) is 15.1. The van der Waals surface area contributed by atoms with Gasteiger partial charge in [-0.05, 0) is 38.4 Å². The van der Waals surface area contributed by atoms with E-state index in [0.717, 1.165) is 0 Å². The van der Waals surface area contributed by atoms with Gasteiger partial charge in [0.1, 0.15) is 0 Å². The fourth-order valence-electron chi connectivity index (χ4n) is 5.12. The van der Waals surface area contributed by atoms with E-state index >= 15 is 0 Å². The average Bonchev–Trinajstić information content (AvgIpc) is 3.19. The molecule has 1 nitrogen and oxygen atoms in total. The number of fused-ring (bicyclic) bond motifs is 12. The van der Waals surface area contributed by atoms with Crippen molar-refractivity contribution in [2.75, 3.05) is 0 Å². The van der Waals surface area contributed by atoms with Crippen molar-refractivity contribution in [3.05, 3.63) is 97.1 Å². The topological polar surface area (TPSA) is 15.8 Å². The van der Waals surface area contributed by atoms with E-state index in [1.807, 2.05) is 0 Å². The minimum absolute atomic E-state index is 1.20. The van der Waals surface area contributed by atoms with Crippen molar-refractivity contribution in [2.45, 2.75) is 0 Å². The maximum Gasteiger partial charge on any atom is 0.0551 e. The van der Waals surface area contributed by atoms with Crippen LogP contribution in [-0.2, 0) is 0 Å². The second-order valence-electron chi connectivity index (χ2n) is 7.84. The van der Waals surface area contributed by atoms with Gasteiger partial charge in [0, 0.05) is 27.1 Å². The van der Waals surface area contributed by atoms with E-state index in [9.17, 15) is 0 Å². The highest BCUT2D eigenvalue weighted by Gasteiger charge is 2.16. The predicted octanol–water partition coefficient (Wildman–Crippen LogP) is 7.93. The van der Waals surface area contributed by atoms with Crippen molar-refractivity contribution < 1.29 is 0 Å². The van der Waals surface area contributed by atoms with Gasteiger partial charge in [0.15, 0.2) is 0 Å². The van der Waals surface area contributed by atoms with Gasteiger partial charge >= 0.3 is 0 Å². The van der Waals surface area contributed by atoms with Gasteiger partial charge in [-0.25, -0.2) is 0 Å². The maximum atomic E-state index is 3.77. The van der Waals surface area contributed by atoms with Gasteiger partial charge in [-0.15, -0.1) is 0 Å². The van der Waals surface area contributed by atoms with Gasteiger partial charge in [0.2, 0.25) is 0 Å². The molecule has 0 atom stereocenters. The van der Waals surface area contributed by atoms with Crippen LogP contribution in [0.2, 0.25) is 0 Å². The summed E-state index contributed by atoms with van der Waals surface area (Å²) in [5.41, 5.74) is 2.43. The summed E-state index contributed by atoms with van der Waals surface area (Å²) in [7, 11) is 0. The highest BCUT2D eigenvalue weighted by atomic mass is 14.7. The number of rotatable bonds is 0. The van der Waals surface area contributed by atoms with Crippen LogP contribution in [0.3, 0.4) is 0 Å². The van der Waals surface area contributed by atoms with Crippen LogP contribution in [0.5, 0.6) is 0 Å². The van der Waals surface area contributed by atoms with E-state index in [4.69, 9.17) is 0 Å². The molecule has 0 spiro atoms. The molecule has 7 rings (SSSR count). The largest absolute Gasteiger partial charge is 0.354 e. The lowest BCUT2D eigenvalue weighted by Crippen LogP contribution is -1.84. The van der Waals surface area contributed by atoms with Gasteiger partial charge in [0.05, 0.1) is 5.52 Å². The highest BCUT2D eigenvalue weighted by Crippen LogP contribution is 2.43. The number of hydrogen-bond acceptors (Lipinski definition) is 0. The molecular formula is C28H17N. The molecule has 0 aliphatic carbocycles. The van der Waals surface area contributed by atoms with E-state index < -0.39 is 0 Å². The molecule has 0 bridgehead atoms. The molecule has 0 aliphatic heterocycles. The standard InChI is InChI=1S/C28H17N/c1-3-9-19-17(7-1)13-15-22-21-11-5-6-12-23(21)28-27(25(19)22)26-20-10-4-2-8-18(20)14-16-24(26)29-28/h1-16,29H. The fourth-order valence-corrected chi connectivity index (χ4v) is 5.12. The number of aromatic amines is 1. The predicted molar refractivity (Wildman–Crippen MR) is 126 cm³/mol. The first-order valence-corrected chi connectivity index (χ1v) is 10.1. The smallest absolute Gasteiger partial charge is 0.0551 e. The van der Waals surface area contributed by atoms with Gasteiger partial charge in [-0.3, -0.25) is 0 Å². The van der Waals surface area contributed by atoms with E-state index in [0.29, 0.717) is 0 Å².